The van der Waals surface area contributed by atoms with E-state index in [1.165, 1.54) is 6.07 Å². The molecule has 1 unspecified atom stereocenters. The molecule has 0 amide bonds. The van der Waals surface area contributed by atoms with Crippen molar-refractivity contribution in [1.82, 2.24) is 4.98 Å². The molecule has 10 nitrogen and oxygen atoms in total. The number of carboxylic acids is 2. The summed E-state index contributed by atoms with van der Waals surface area (Å²) in [6.45, 7) is 3.58. The van der Waals surface area contributed by atoms with Crippen LogP contribution in [0, 0.1) is 17.7 Å². The van der Waals surface area contributed by atoms with Gasteiger partial charge in [0.15, 0.2) is 0 Å². The highest BCUT2D eigenvalue weighted by molar-refractivity contribution is 5.73. The summed E-state index contributed by atoms with van der Waals surface area (Å²) < 4.78 is 32.4. The number of unbranched alkanes of at least 4 members (excludes halogenated alkanes) is 1. The summed E-state index contributed by atoms with van der Waals surface area (Å²) in [5.41, 5.74) is 14.6. The van der Waals surface area contributed by atoms with Crippen LogP contribution in [0.4, 0.5) is 4.39 Å². The Kier molecular flexibility index (Phi) is 13.1. The van der Waals surface area contributed by atoms with Crippen LogP contribution in [0.3, 0.4) is 0 Å². The Morgan fingerprint density at radius 2 is 1.87 bits per heavy atom. The molecule has 11 heteroatoms. The second-order valence-electron chi connectivity index (χ2n) is 11.5. The number of fused-ring (bicyclic) bond motifs is 1. The first-order chi connectivity index (χ1) is 22.7. The van der Waals surface area contributed by atoms with E-state index in [0.29, 0.717) is 56.2 Å². The van der Waals surface area contributed by atoms with Crippen molar-refractivity contribution in [1.29, 1.82) is 0 Å². The van der Waals surface area contributed by atoms with Gasteiger partial charge in [0.05, 0.1) is 25.6 Å². The molecule has 1 aliphatic carbocycles. The Labute approximate surface area is 274 Å². The van der Waals surface area contributed by atoms with Gasteiger partial charge in [0.2, 0.25) is 5.88 Å². The molecule has 1 aromatic heterocycles. The lowest BCUT2D eigenvalue weighted by atomic mass is 9.96. The molecule has 0 radical (unpaired) electrons. The number of carboxylic acid groups (broad SMARTS) is 2. The molecule has 4 atom stereocenters. The van der Waals surface area contributed by atoms with Crippen LogP contribution in [0.1, 0.15) is 74.2 Å². The van der Waals surface area contributed by atoms with Gasteiger partial charge in [-0.05, 0) is 80.1 Å². The standard InChI is InChI=1S/C30H28FNO5.C6H14N2O2/c1-2-3-20(16-29(33)34)19-4-7-22(8-5-19)36-27-12-10-25-24(9-11-26(31)30(25)27)21-6-13-28(32-17-21)37-23-14-15-35-18-23;7-4-2-1-3-5(8)6(9)10/h4-9,11,13,17,20,23,27H,10,12,14-16,18H2,1H3,(H,33,34);5H,1-4,7-8H2,(H,9,10)/t20?,23-,27-;5-/m10/s1. The molecule has 47 heavy (non-hydrogen) atoms. The predicted molar refractivity (Wildman–Crippen MR) is 175 cm³/mol. The van der Waals surface area contributed by atoms with Crippen LogP contribution in [0.15, 0.2) is 54.7 Å². The summed E-state index contributed by atoms with van der Waals surface area (Å²) >= 11 is 0. The number of carbonyl (C=O) groups is 2. The van der Waals surface area contributed by atoms with Crippen molar-refractivity contribution in [2.75, 3.05) is 19.8 Å². The predicted octanol–water partition coefficient (Wildman–Crippen LogP) is 5.23. The van der Waals surface area contributed by atoms with Gasteiger partial charge in [-0.15, -0.1) is 5.92 Å². The number of nitrogens with zero attached hydrogens (tertiary/aromatic N) is 1. The summed E-state index contributed by atoms with van der Waals surface area (Å²) in [5, 5.41) is 17.5. The Morgan fingerprint density at radius 1 is 1.09 bits per heavy atom. The van der Waals surface area contributed by atoms with E-state index in [9.17, 15) is 9.59 Å². The van der Waals surface area contributed by atoms with Gasteiger partial charge in [-0.3, -0.25) is 9.59 Å². The number of nitrogens with two attached hydrogens (primary N) is 2. The molecule has 0 saturated carbocycles. The minimum absolute atomic E-state index is 0.0306. The van der Waals surface area contributed by atoms with Gasteiger partial charge in [-0.1, -0.05) is 30.5 Å². The largest absolute Gasteiger partial charge is 0.486 e. The molecular formula is C36H42FN3O7. The topological polar surface area (TPSA) is 167 Å². The molecule has 5 rings (SSSR count). The minimum atomic E-state index is -0.933. The molecule has 0 spiro atoms. The average Bonchev–Trinajstić information content (AvgIpc) is 3.73. The molecule has 1 saturated heterocycles. The number of benzene rings is 2. The van der Waals surface area contributed by atoms with Crippen LogP contribution in [-0.2, 0) is 20.7 Å². The van der Waals surface area contributed by atoms with Crippen LogP contribution >= 0.6 is 0 Å². The second kappa shape index (κ2) is 17.4. The van der Waals surface area contributed by atoms with Crippen molar-refractivity contribution < 1.29 is 38.4 Å². The summed E-state index contributed by atoms with van der Waals surface area (Å²) in [6.07, 6.45) is 5.68. The molecular weight excluding hydrogens is 605 g/mol. The highest BCUT2D eigenvalue weighted by Gasteiger charge is 2.30. The molecule has 2 aromatic carbocycles. The number of aliphatic carboxylic acids is 2. The van der Waals surface area contributed by atoms with Crippen LogP contribution in [0.5, 0.6) is 11.6 Å². The molecule has 2 aliphatic rings. The van der Waals surface area contributed by atoms with Crippen LogP contribution in [-0.4, -0.2) is 59.0 Å². The van der Waals surface area contributed by atoms with Gasteiger partial charge in [0.25, 0.3) is 0 Å². The van der Waals surface area contributed by atoms with E-state index in [0.717, 1.165) is 41.5 Å². The normalized spacial score (nSPS) is 17.7. The van der Waals surface area contributed by atoms with Gasteiger partial charge < -0.3 is 35.9 Å². The van der Waals surface area contributed by atoms with Gasteiger partial charge in [0.1, 0.15) is 29.8 Å². The van der Waals surface area contributed by atoms with Crippen LogP contribution in [0.2, 0.25) is 0 Å². The average molecular weight is 648 g/mol. The third-order valence-electron chi connectivity index (χ3n) is 8.05. The minimum Gasteiger partial charge on any atom is -0.486 e. The van der Waals surface area contributed by atoms with Gasteiger partial charge >= 0.3 is 11.9 Å². The van der Waals surface area contributed by atoms with Gasteiger partial charge in [-0.2, -0.15) is 0 Å². The fourth-order valence-electron chi connectivity index (χ4n) is 5.62. The summed E-state index contributed by atoms with van der Waals surface area (Å²) in [5.74, 6) is 4.39. The van der Waals surface area contributed by atoms with E-state index in [2.05, 4.69) is 16.8 Å². The molecule has 250 valence electrons. The SMILES string of the molecule is CC#CC(CC(=O)O)c1ccc(O[C@@H]2CCc3c(-c4ccc(O[C@@H]5CCOC5)nc4)ccc(F)c32)cc1.NCCCC[C@H](N)C(=O)O. The Bertz CT molecular complexity index is 1550. The number of hydrogen-bond acceptors (Lipinski definition) is 8. The smallest absolute Gasteiger partial charge is 0.320 e. The number of ether oxygens (including phenoxy) is 3. The maximum absolute atomic E-state index is 15.0. The zero-order valence-corrected chi connectivity index (χ0v) is 26.5. The molecule has 6 N–H and O–H groups in total. The number of aromatic nitrogens is 1. The maximum Gasteiger partial charge on any atom is 0.320 e. The monoisotopic (exact) mass is 647 g/mol. The Morgan fingerprint density at radius 3 is 2.49 bits per heavy atom. The van der Waals surface area contributed by atoms with Crippen molar-refractivity contribution in [2.45, 2.75) is 76.0 Å². The fraction of sp³-hybridized carbons (Fsp3) is 0.417. The van der Waals surface area contributed by atoms with Crippen molar-refractivity contribution in [3.63, 3.8) is 0 Å². The van der Waals surface area contributed by atoms with E-state index in [-0.39, 0.29) is 24.3 Å². The highest BCUT2D eigenvalue weighted by Crippen LogP contribution is 2.42. The number of halogens is 1. The van der Waals surface area contributed by atoms with Crippen LogP contribution in [0.25, 0.3) is 11.1 Å². The molecule has 1 fully saturated rings. The third kappa shape index (κ3) is 9.99. The van der Waals surface area contributed by atoms with Crippen molar-refractivity contribution >= 4 is 11.9 Å². The molecule has 3 aromatic rings. The highest BCUT2D eigenvalue weighted by atomic mass is 19.1. The molecule has 0 bridgehead atoms. The molecule has 1 aliphatic heterocycles. The van der Waals surface area contributed by atoms with Crippen LogP contribution < -0.4 is 20.9 Å². The van der Waals surface area contributed by atoms with Gasteiger partial charge in [0, 0.05) is 29.8 Å². The first-order valence-electron chi connectivity index (χ1n) is 15.8. The van der Waals surface area contributed by atoms with E-state index < -0.39 is 24.1 Å². The fourth-order valence-corrected chi connectivity index (χ4v) is 5.62. The summed E-state index contributed by atoms with van der Waals surface area (Å²) in [7, 11) is 0. The van der Waals surface area contributed by atoms with Crippen molar-refractivity contribution in [3.8, 4) is 34.6 Å². The first kappa shape index (κ1) is 35.4. The lowest BCUT2D eigenvalue weighted by Gasteiger charge is -2.17. The van der Waals surface area contributed by atoms with E-state index in [1.807, 2.05) is 24.3 Å². The number of pyridine rings is 1. The molecule has 2 heterocycles. The zero-order chi connectivity index (χ0) is 33.8. The lowest BCUT2D eigenvalue weighted by Crippen LogP contribution is -2.29. The van der Waals surface area contributed by atoms with E-state index >= 15 is 4.39 Å². The Hall–Kier alpha value is -4.50. The zero-order valence-electron chi connectivity index (χ0n) is 26.5. The van der Waals surface area contributed by atoms with E-state index in [1.54, 1.807) is 31.3 Å². The summed E-state index contributed by atoms with van der Waals surface area (Å²) in [4.78, 5) is 25.8. The summed E-state index contributed by atoms with van der Waals surface area (Å²) in [6, 6.07) is 13.6. The van der Waals surface area contributed by atoms with Crippen molar-refractivity contribution in [3.05, 3.63) is 77.2 Å². The Balaban J connectivity index is 0.000000434. The van der Waals surface area contributed by atoms with Gasteiger partial charge in [-0.25, -0.2) is 9.37 Å². The second-order valence-corrected chi connectivity index (χ2v) is 11.5. The first-order valence-corrected chi connectivity index (χ1v) is 15.8. The quantitative estimate of drug-likeness (QED) is 0.142. The lowest BCUT2D eigenvalue weighted by molar-refractivity contribution is -0.139. The van der Waals surface area contributed by atoms with Crippen molar-refractivity contribution in [2.24, 2.45) is 11.5 Å². The number of rotatable bonds is 13. The number of hydrogen-bond donors (Lipinski definition) is 4. The van der Waals surface area contributed by atoms with E-state index in [4.69, 9.17) is 35.9 Å². The third-order valence-corrected chi connectivity index (χ3v) is 8.05. The maximum atomic E-state index is 15.0.